The fourth-order valence-electron chi connectivity index (χ4n) is 5.02. The zero-order valence-electron chi connectivity index (χ0n) is 20.2. The third-order valence-electron chi connectivity index (χ3n) is 7.04. The molecule has 5 rings (SSSR count). The largest absolute Gasteiger partial charge is 0.461 e. The molecule has 0 unspecified atom stereocenters. The molecule has 1 aliphatic carbocycles. The molecule has 2 fully saturated rings. The highest BCUT2D eigenvalue weighted by Gasteiger charge is 2.30. The normalized spacial score (nSPS) is 19.4. The number of halogens is 1. The zero-order chi connectivity index (χ0) is 24.9. The molecule has 186 valence electrons. The summed E-state index contributed by atoms with van der Waals surface area (Å²) in [7, 11) is 0. The second-order valence-corrected chi connectivity index (χ2v) is 9.50. The van der Waals surface area contributed by atoms with E-state index in [0.29, 0.717) is 48.5 Å². The summed E-state index contributed by atoms with van der Waals surface area (Å²) in [5.74, 6) is 0.0247. The molecule has 0 bridgehead atoms. The highest BCUT2D eigenvalue weighted by molar-refractivity contribution is 6.12. The maximum atomic E-state index is 13.4. The van der Waals surface area contributed by atoms with E-state index in [1.807, 2.05) is 18.2 Å². The van der Waals surface area contributed by atoms with E-state index < -0.39 is 5.97 Å². The molecule has 0 radical (unpaired) electrons. The Morgan fingerprint density at radius 2 is 1.81 bits per heavy atom. The number of benzene rings is 2. The van der Waals surface area contributed by atoms with Gasteiger partial charge in [-0.15, -0.1) is 0 Å². The van der Waals surface area contributed by atoms with Crippen LogP contribution in [0.25, 0.3) is 11.1 Å². The number of aliphatic imine (C=N–C) groups is 1. The topological polar surface area (TPSA) is 89.8 Å². The van der Waals surface area contributed by atoms with Crippen molar-refractivity contribution < 1.29 is 13.9 Å². The predicted molar refractivity (Wildman–Crippen MR) is 137 cm³/mol. The number of carbonyl (C=O) groups is 1. The molecular formula is C28H30FN5O2. The van der Waals surface area contributed by atoms with Crippen LogP contribution in [0.5, 0.6) is 0 Å². The van der Waals surface area contributed by atoms with Gasteiger partial charge in [0.05, 0.1) is 18.0 Å². The summed E-state index contributed by atoms with van der Waals surface area (Å²) in [6, 6.07) is 14.1. The van der Waals surface area contributed by atoms with Crippen LogP contribution in [0.4, 0.5) is 15.8 Å². The number of ether oxygens (including phenoxy) is 1. The average molecular weight is 488 g/mol. The summed E-state index contributed by atoms with van der Waals surface area (Å²) < 4.78 is 19.0. The number of nitriles is 1. The number of hydrogen-bond donors (Lipinski definition) is 2. The Hall–Kier alpha value is -3.70. The number of carbonyl (C=O) groups excluding carboxylic acids is 1. The molecule has 0 atom stereocenters. The molecule has 1 saturated heterocycles. The first-order valence-electron chi connectivity index (χ1n) is 12.7. The minimum absolute atomic E-state index is 0.0589. The number of hydrogen-bond acceptors (Lipinski definition) is 7. The molecule has 36 heavy (non-hydrogen) atoms. The molecule has 0 spiro atoms. The van der Waals surface area contributed by atoms with Crippen LogP contribution in [0.2, 0.25) is 0 Å². The molecule has 0 amide bonds. The van der Waals surface area contributed by atoms with Gasteiger partial charge in [-0.25, -0.2) is 14.2 Å². The average Bonchev–Trinajstić information content (AvgIpc) is 2.93. The first kappa shape index (κ1) is 24.0. The summed E-state index contributed by atoms with van der Waals surface area (Å²) in [5, 5.41) is 16.6. The van der Waals surface area contributed by atoms with Gasteiger partial charge in [-0.3, -0.25) is 0 Å². The monoisotopic (exact) mass is 487 g/mol. The van der Waals surface area contributed by atoms with Crippen molar-refractivity contribution in [2.24, 2.45) is 10.9 Å². The van der Waals surface area contributed by atoms with Crippen molar-refractivity contribution in [3.05, 3.63) is 59.6 Å². The third kappa shape index (κ3) is 5.26. The van der Waals surface area contributed by atoms with E-state index in [4.69, 9.17) is 9.73 Å². The third-order valence-corrected chi connectivity index (χ3v) is 7.04. The quantitative estimate of drug-likeness (QED) is 0.367. The molecule has 2 aromatic carbocycles. The number of esters is 1. The summed E-state index contributed by atoms with van der Waals surface area (Å²) in [6.45, 7) is 3.31. The van der Waals surface area contributed by atoms with Crippen LogP contribution in [-0.2, 0) is 9.53 Å². The van der Waals surface area contributed by atoms with Crippen molar-refractivity contribution in [2.45, 2.75) is 32.1 Å². The second-order valence-electron chi connectivity index (χ2n) is 9.50. The van der Waals surface area contributed by atoms with Gasteiger partial charge < -0.3 is 20.3 Å². The van der Waals surface area contributed by atoms with E-state index >= 15 is 0 Å². The molecule has 3 aliphatic rings. The fraction of sp³-hybridized carbons (Fsp3) is 0.393. The van der Waals surface area contributed by atoms with Crippen molar-refractivity contribution in [1.29, 1.82) is 5.26 Å². The van der Waals surface area contributed by atoms with Gasteiger partial charge in [0.2, 0.25) is 0 Å². The van der Waals surface area contributed by atoms with Gasteiger partial charge in [-0.1, -0.05) is 37.5 Å². The van der Waals surface area contributed by atoms with Gasteiger partial charge in [0.15, 0.2) is 11.4 Å². The van der Waals surface area contributed by atoms with E-state index in [1.54, 1.807) is 12.1 Å². The second kappa shape index (κ2) is 10.9. The molecule has 2 aromatic rings. The molecule has 0 aromatic heterocycles. The van der Waals surface area contributed by atoms with Crippen molar-refractivity contribution in [3.63, 3.8) is 0 Å². The maximum Gasteiger partial charge on any atom is 0.351 e. The standard InChI is InChI=1S/C28H30FN5O2/c29-22-9-6-20(7-10-22)21-8-11-24-25(16-21)33-27(34-14-12-31-13-15-34)26(32-24)23(17-30)28(35)36-18-19-4-2-1-3-5-19/h6-11,16,19,31-32H,1-5,12-15,18H2. The van der Waals surface area contributed by atoms with Crippen LogP contribution in [0, 0.1) is 23.1 Å². The van der Waals surface area contributed by atoms with Crippen molar-refractivity contribution in [1.82, 2.24) is 10.2 Å². The highest BCUT2D eigenvalue weighted by Crippen LogP contribution is 2.37. The van der Waals surface area contributed by atoms with Gasteiger partial charge in [0.25, 0.3) is 0 Å². The lowest BCUT2D eigenvalue weighted by Crippen LogP contribution is -2.48. The number of rotatable bonds is 4. The molecule has 2 aliphatic heterocycles. The number of nitrogens with zero attached hydrogens (tertiary/aromatic N) is 3. The maximum absolute atomic E-state index is 13.4. The van der Waals surface area contributed by atoms with Gasteiger partial charge in [0.1, 0.15) is 17.6 Å². The van der Waals surface area contributed by atoms with E-state index in [0.717, 1.165) is 49.9 Å². The smallest absolute Gasteiger partial charge is 0.351 e. The molecule has 8 heteroatoms. The highest BCUT2D eigenvalue weighted by atomic mass is 19.1. The Kier molecular flexibility index (Phi) is 7.28. The number of anilines is 1. The Labute approximate surface area is 210 Å². The van der Waals surface area contributed by atoms with Crippen molar-refractivity contribution in [3.8, 4) is 17.2 Å². The van der Waals surface area contributed by atoms with Gasteiger partial charge >= 0.3 is 5.97 Å². The molecule has 1 saturated carbocycles. The summed E-state index contributed by atoms with van der Waals surface area (Å²) in [6.07, 6.45) is 5.66. The lowest BCUT2D eigenvalue weighted by Gasteiger charge is -2.34. The Morgan fingerprint density at radius 1 is 1.08 bits per heavy atom. The summed E-state index contributed by atoms with van der Waals surface area (Å²) in [4.78, 5) is 20.1. The lowest BCUT2D eigenvalue weighted by atomic mass is 9.90. The van der Waals surface area contributed by atoms with Crippen LogP contribution < -0.4 is 10.6 Å². The number of nitrogens with one attached hydrogen (secondary N) is 2. The number of amidine groups is 1. The van der Waals surface area contributed by atoms with Crippen LogP contribution >= 0.6 is 0 Å². The van der Waals surface area contributed by atoms with Crippen LogP contribution in [0.15, 0.2) is 58.7 Å². The SMILES string of the molecule is N#CC(C(=O)OCC1CCCCC1)=C1Nc2ccc(-c3ccc(F)cc3)cc2N=C1N1CCNCC1. The van der Waals surface area contributed by atoms with E-state index in [1.165, 1.54) is 18.6 Å². The number of fused-ring (bicyclic) bond motifs is 1. The van der Waals surface area contributed by atoms with E-state index in [-0.39, 0.29) is 11.4 Å². The first-order chi connectivity index (χ1) is 17.6. The molecular weight excluding hydrogens is 457 g/mol. The Bertz CT molecular complexity index is 1220. The van der Waals surface area contributed by atoms with Gasteiger partial charge in [-0.2, -0.15) is 5.26 Å². The van der Waals surface area contributed by atoms with Crippen LogP contribution in [-0.4, -0.2) is 49.5 Å². The molecule has 2 heterocycles. The predicted octanol–water partition coefficient (Wildman–Crippen LogP) is 4.75. The number of piperazine rings is 1. The minimum Gasteiger partial charge on any atom is -0.461 e. The van der Waals surface area contributed by atoms with Crippen LogP contribution in [0.1, 0.15) is 32.1 Å². The Balaban J connectivity index is 1.48. The van der Waals surface area contributed by atoms with Gasteiger partial charge in [-0.05, 0) is 54.2 Å². The van der Waals surface area contributed by atoms with Gasteiger partial charge in [0, 0.05) is 26.2 Å². The summed E-state index contributed by atoms with van der Waals surface area (Å²) in [5.41, 5.74) is 3.50. The fourth-order valence-corrected chi connectivity index (χ4v) is 5.02. The molecule has 2 N–H and O–H groups in total. The van der Waals surface area contributed by atoms with Crippen molar-refractivity contribution >= 4 is 23.2 Å². The molecule has 7 nitrogen and oxygen atoms in total. The minimum atomic E-state index is -0.611. The lowest BCUT2D eigenvalue weighted by molar-refractivity contribution is -0.140. The Morgan fingerprint density at radius 3 is 2.53 bits per heavy atom. The first-order valence-corrected chi connectivity index (χ1v) is 12.7. The zero-order valence-corrected chi connectivity index (χ0v) is 20.2. The van der Waals surface area contributed by atoms with E-state index in [9.17, 15) is 14.4 Å². The van der Waals surface area contributed by atoms with E-state index in [2.05, 4.69) is 21.6 Å². The van der Waals surface area contributed by atoms with Crippen LogP contribution in [0.3, 0.4) is 0 Å². The van der Waals surface area contributed by atoms with Crippen molar-refractivity contribution in [2.75, 3.05) is 38.1 Å². The summed E-state index contributed by atoms with van der Waals surface area (Å²) >= 11 is 0.